The van der Waals surface area contributed by atoms with Crippen LogP contribution in [0.25, 0.3) is 11.1 Å². The third kappa shape index (κ3) is 3.17. The molecule has 0 radical (unpaired) electrons. The molecule has 7 heteroatoms. The first kappa shape index (κ1) is 15.3. The highest BCUT2D eigenvalue weighted by Gasteiger charge is 2.26. The van der Waals surface area contributed by atoms with Gasteiger partial charge in [0.05, 0.1) is 13.2 Å². The Morgan fingerprint density at radius 2 is 2.04 bits per heavy atom. The van der Waals surface area contributed by atoms with Gasteiger partial charge in [0.1, 0.15) is 5.52 Å². The highest BCUT2D eigenvalue weighted by atomic mass is 16.5. The lowest BCUT2D eigenvalue weighted by Gasteiger charge is -2.34. The van der Waals surface area contributed by atoms with Crippen LogP contribution in [-0.4, -0.2) is 61.3 Å². The SMILES string of the molecule is O=C(NC1CCCN(c2nc3ccccc3o2)C1)N1CCOCC1. The quantitative estimate of drug-likeness (QED) is 0.910. The summed E-state index contributed by atoms with van der Waals surface area (Å²) in [5, 5.41) is 3.14. The third-order valence-electron chi connectivity index (χ3n) is 4.60. The molecule has 3 heterocycles. The number of morpholine rings is 1. The van der Waals surface area contributed by atoms with Crippen molar-refractivity contribution < 1.29 is 13.9 Å². The Hall–Kier alpha value is -2.28. The van der Waals surface area contributed by atoms with E-state index >= 15 is 0 Å². The number of urea groups is 1. The van der Waals surface area contributed by atoms with Crippen LogP contribution in [0.3, 0.4) is 0 Å². The lowest BCUT2D eigenvalue weighted by atomic mass is 10.1. The summed E-state index contributed by atoms with van der Waals surface area (Å²) in [6.45, 7) is 4.18. The second-order valence-corrected chi connectivity index (χ2v) is 6.30. The number of benzene rings is 1. The summed E-state index contributed by atoms with van der Waals surface area (Å²) in [6.07, 6.45) is 1.99. The molecule has 0 saturated carbocycles. The number of hydrogen-bond donors (Lipinski definition) is 1. The number of piperidine rings is 1. The first-order valence-electron chi connectivity index (χ1n) is 8.53. The fourth-order valence-corrected chi connectivity index (χ4v) is 3.30. The van der Waals surface area contributed by atoms with Gasteiger partial charge in [-0.25, -0.2) is 4.79 Å². The smallest absolute Gasteiger partial charge is 0.317 e. The first-order chi connectivity index (χ1) is 11.8. The Morgan fingerprint density at radius 3 is 2.88 bits per heavy atom. The molecule has 0 spiro atoms. The van der Waals surface area contributed by atoms with Crippen molar-refractivity contribution >= 4 is 23.1 Å². The van der Waals surface area contributed by atoms with Gasteiger partial charge in [-0.1, -0.05) is 12.1 Å². The van der Waals surface area contributed by atoms with Crippen molar-refractivity contribution in [2.45, 2.75) is 18.9 Å². The van der Waals surface area contributed by atoms with Crippen molar-refractivity contribution in [2.24, 2.45) is 0 Å². The highest BCUT2D eigenvalue weighted by Crippen LogP contribution is 2.24. The molecule has 2 fully saturated rings. The molecule has 2 amide bonds. The molecule has 1 unspecified atom stereocenters. The van der Waals surface area contributed by atoms with Crippen LogP contribution in [0.15, 0.2) is 28.7 Å². The van der Waals surface area contributed by atoms with Crippen LogP contribution >= 0.6 is 0 Å². The molecule has 4 rings (SSSR count). The van der Waals surface area contributed by atoms with E-state index in [4.69, 9.17) is 9.15 Å². The maximum Gasteiger partial charge on any atom is 0.317 e. The molecule has 1 aromatic carbocycles. The lowest BCUT2D eigenvalue weighted by Crippen LogP contribution is -2.53. The molecule has 2 saturated heterocycles. The number of amides is 2. The van der Waals surface area contributed by atoms with Crippen LogP contribution in [0.1, 0.15) is 12.8 Å². The van der Waals surface area contributed by atoms with Gasteiger partial charge < -0.3 is 24.3 Å². The number of para-hydroxylation sites is 2. The average Bonchev–Trinajstić information content (AvgIpc) is 3.07. The van der Waals surface area contributed by atoms with Crippen molar-refractivity contribution in [3.05, 3.63) is 24.3 Å². The largest absolute Gasteiger partial charge is 0.423 e. The van der Waals surface area contributed by atoms with Crippen molar-refractivity contribution in [2.75, 3.05) is 44.3 Å². The van der Waals surface area contributed by atoms with E-state index in [2.05, 4.69) is 15.2 Å². The number of nitrogens with zero attached hydrogens (tertiary/aromatic N) is 3. The number of nitrogens with one attached hydrogen (secondary N) is 1. The predicted octanol–water partition coefficient (Wildman–Crippen LogP) is 1.84. The second kappa shape index (κ2) is 6.68. The van der Waals surface area contributed by atoms with Crippen molar-refractivity contribution in [1.82, 2.24) is 15.2 Å². The van der Waals surface area contributed by atoms with E-state index in [9.17, 15) is 4.79 Å². The Labute approximate surface area is 140 Å². The number of carbonyl (C=O) groups is 1. The second-order valence-electron chi connectivity index (χ2n) is 6.30. The Bertz CT molecular complexity index is 678. The zero-order valence-electron chi connectivity index (χ0n) is 13.6. The summed E-state index contributed by atoms with van der Waals surface area (Å²) in [7, 11) is 0. The van der Waals surface area contributed by atoms with E-state index in [0.717, 1.165) is 37.0 Å². The molecule has 0 aliphatic carbocycles. The van der Waals surface area contributed by atoms with Gasteiger partial charge in [-0.2, -0.15) is 4.98 Å². The Balaban J connectivity index is 1.40. The lowest BCUT2D eigenvalue weighted by molar-refractivity contribution is 0.0523. The van der Waals surface area contributed by atoms with E-state index in [1.54, 1.807) is 0 Å². The van der Waals surface area contributed by atoms with Crippen molar-refractivity contribution in [1.29, 1.82) is 0 Å². The minimum atomic E-state index is 0.00251. The van der Waals surface area contributed by atoms with Gasteiger partial charge in [-0.3, -0.25) is 0 Å². The zero-order chi connectivity index (χ0) is 16.4. The van der Waals surface area contributed by atoms with Crippen LogP contribution in [-0.2, 0) is 4.74 Å². The molecule has 2 aliphatic heterocycles. The predicted molar refractivity (Wildman–Crippen MR) is 90.2 cm³/mol. The van der Waals surface area contributed by atoms with Gasteiger partial charge in [0.2, 0.25) is 0 Å². The van der Waals surface area contributed by atoms with E-state index in [0.29, 0.717) is 32.3 Å². The third-order valence-corrected chi connectivity index (χ3v) is 4.60. The molecule has 1 N–H and O–H groups in total. The topological polar surface area (TPSA) is 70.8 Å². The molecule has 2 aromatic rings. The van der Waals surface area contributed by atoms with Crippen LogP contribution in [0.5, 0.6) is 0 Å². The van der Waals surface area contributed by atoms with Gasteiger partial charge in [-0.05, 0) is 25.0 Å². The monoisotopic (exact) mass is 330 g/mol. The van der Waals surface area contributed by atoms with Gasteiger partial charge in [0, 0.05) is 32.2 Å². The highest BCUT2D eigenvalue weighted by molar-refractivity contribution is 5.75. The molecule has 128 valence electrons. The van der Waals surface area contributed by atoms with Crippen LogP contribution < -0.4 is 10.2 Å². The number of rotatable bonds is 2. The van der Waals surface area contributed by atoms with Gasteiger partial charge >= 0.3 is 6.03 Å². The fourth-order valence-electron chi connectivity index (χ4n) is 3.30. The molecular weight excluding hydrogens is 308 g/mol. The summed E-state index contributed by atoms with van der Waals surface area (Å²) in [6, 6.07) is 8.53. The van der Waals surface area contributed by atoms with E-state index < -0.39 is 0 Å². The minimum absolute atomic E-state index is 0.00251. The maximum absolute atomic E-state index is 12.4. The van der Waals surface area contributed by atoms with Gasteiger partial charge in [0.15, 0.2) is 5.58 Å². The van der Waals surface area contributed by atoms with E-state index in [1.165, 1.54) is 0 Å². The summed E-state index contributed by atoms with van der Waals surface area (Å²) < 4.78 is 11.1. The summed E-state index contributed by atoms with van der Waals surface area (Å²) in [5.41, 5.74) is 1.67. The van der Waals surface area contributed by atoms with E-state index in [-0.39, 0.29) is 12.1 Å². The molecule has 1 aromatic heterocycles. The molecular formula is C17H22N4O3. The van der Waals surface area contributed by atoms with Gasteiger partial charge in [0.25, 0.3) is 6.01 Å². The van der Waals surface area contributed by atoms with Crippen LogP contribution in [0, 0.1) is 0 Å². The number of oxazole rings is 1. The first-order valence-corrected chi connectivity index (χ1v) is 8.53. The number of carbonyl (C=O) groups excluding carboxylic acids is 1. The maximum atomic E-state index is 12.4. The van der Waals surface area contributed by atoms with Crippen molar-refractivity contribution in [3.63, 3.8) is 0 Å². The molecule has 1 atom stereocenters. The Kier molecular flexibility index (Phi) is 4.25. The minimum Gasteiger partial charge on any atom is -0.423 e. The van der Waals surface area contributed by atoms with Crippen molar-refractivity contribution in [3.8, 4) is 0 Å². The number of anilines is 1. The number of aromatic nitrogens is 1. The fraction of sp³-hybridized carbons (Fsp3) is 0.529. The average molecular weight is 330 g/mol. The normalized spacial score (nSPS) is 21.9. The van der Waals surface area contributed by atoms with Crippen LogP contribution in [0.4, 0.5) is 10.8 Å². The summed E-state index contributed by atoms with van der Waals surface area (Å²) in [4.78, 5) is 20.9. The molecule has 2 aliphatic rings. The van der Waals surface area contributed by atoms with Crippen LogP contribution in [0.2, 0.25) is 0 Å². The number of fused-ring (bicyclic) bond motifs is 1. The molecule has 24 heavy (non-hydrogen) atoms. The summed E-state index contributed by atoms with van der Waals surface area (Å²) in [5.74, 6) is 0. The number of ether oxygens (including phenoxy) is 1. The summed E-state index contributed by atoms with van der Waals surface area (Å²) >= 11 is 0. The molecule has 7 nitrogen and oxygen atoms in total. The van der Waals surface area contributed by atoms with Gasteiger partial charge in [-0.15, -0.1) is 0 Å². The Morgan fingerprint density at radius 1 is 1.21 bits per heavy atom. The number of hydrogen-bond acceptors (Lipinski definition) is 5. The molecule has 0 bridgehead atoms. The standard InChI is InChI=1S/C17H22N4O3/c22-16(20-8-10-23-11-9-20)18-13-4-3-7-21(12-13)17-19-14-5-1-2-6-15(14)24-17/h1-2,5-6,13H,3-4,7-12H2,(H,18,22). The zero-order valence-corrected chi connectivity index (χ0v) is 13.6. The van der Waals surface area contributed by atoms with E-state index in [1.807, 2.05) is 29.2 Å².